The molecule has 0 atom stereocenters. The van der Waals surface area contributed by atoms with Crippen molar-refractivity contribution >= 4 is 0 Å². The minimum absolute atomic E-state index is 0.0136. The highest BCUT2D eigenvalue weighted by Gasteiger charge is 2.22. The van der Waals surface area contributed by atoms with Gasteiger partial charge in [-0.3, -0.25) is 0 Å². The fourth-order valence-corrected chi connectivity index (χ4v) is 5.68. The lowest BCUT2D eigenvalue weighted by Crippen LogP contribution is -2.16. The van der Waals surface area contributed by atoms with E-state index in [0.29, 0.717) is 17.5 Å². The lowest BCUT2D eigenvalue weighted by molar-refractivity contribution is 0.569. The van der Waals surface area contributed by atoms with Crippen molar-refractivity contribution < 1.29 is 0 Å². The molecule has 0 N–H and O–H groups in total. The first-order chi connectivity index (χ1) is 21.9. The van der Waals surface area contributed by atoms with Crippen molar-refractivity contribution in [2.45, 2.75) is 66.2 Å². The molecule has 0 aliphatic heterocycles. The van der Waals surface area contributed by atoms with Crippen LogP contribution in [0.15, 0.2) is 103 Å². The summed E-state index contributed by atoms with van der Waals surface area (Å²) >= 11 is 0. The van der Waals surface area contributed by atoms with E-state index < -0.39 is 0 Å². The standard InChI is InChI=1S/C41H41N5/c1-26-36(27(2)43-25-42-26)32-19-30(31-22-34(40(3,4)5)24-35(23-31)41(6,7)8)20-33(21-32)39-45-37(28-15-11-9-12-16-28)44-38(46-39)29-17-13-10-14-18-29/h9-25H,1-8H3. The van der Waals surface area contributed by atoms with E-state index in [1.807, 2.05) is 74.5 Å². The van der Waals surface area contributed by atoms with Gasteiger partial charge in [0.1, 0.15) is 6.33 Å². The van der Waals surface area contributed by atoms with Gasteiger partial charge in [-0.1, -0.05) is 120 Å². The Kier molecular flexibility index (Phi) is 8.11. The van der Waals surface area contributed by atoms with Crippen molar-refractivity contribution in [1.29, 1.82) is 0 Å². The zero-order chi connectivity index (χ0) is 32.6. The maximum Gasteiger partial charge on any atom is 0.164 e. The van der Waals surface area contributed by atoms with E-state index in [4.69, 9.17) is 15.0 Å². The Hall–Kier alpha value is -5.03. The average Bonchev–Trinajstić information content (AvgIpc) is 3.04. The molecule has 5 nitrogen and oxygen atoms in total. The van der Waals surface area contributed by atoms with E-state index in [1.54, 1.807) is 6.33 Å². The SMILES string of the molecule is Cc1ncnc(C)c1-c1cc(-c2cc(C(C)(C)C)cc(C(C)(C)C)c2)cc(-c2nc(-c3ccccc3)nc(-c3ccccc3)n2)c1. The van der Waals surface area contributed by atoms with E-state index in [2.05, 4.69) is 87.9 Å². The van der Waals surface area contributed by atoms with Gasteiger partial charge in [-0.05, 0) is 70.7 Å². The summed E-state index contributed by atoms with van der Waals surface area (Å²) < 4.78 is 0. The van der Waals surface area contributed by atoms with Crippen molar-refractivity contribution in [3.8, 4) is 56.4 Å². The fourth-order valence-electron chi connectivity index (χ4n) is 5.68. The summed E-state index contributed by atoms with van der Waals surface area (Å²) in [5, 5.41) is 0. The number of hydrogen-bond donors (Lipinski definition) is 0. The molecule has 0 radical (unpaired) electrons. The lowest BCUT2D eigenvalue weighted by atomic mass is 9.78. The summed E-state index contributed by atoms with van der Waals surface area (Å²) in [6.45, 7) is 17.7. The number of nitrogens with zero attached hydrogens (tertiary/aromatic N) is 5. The summed E-state index contributed by atoms with van der Waals surface area (Å²) in [5.74, 6) is 1.89. The number of rotatable bonds is 5. The highest BCUT2D eigenvalue weighted by molar-refractivity contribution is 5.82. The first-order valence-electron chi connectivity index (χ1n) is 15.8. The quantitative estimate of drug-likeness (QED) is 0.196. The molecule has 0 aliphatic carbocycles. The largest absolute Gasteiger partial charge is 0.241 e. The number of aromatic nitrogens is 5. The number of benzene rings is 4. The highest BCUT2D eigenvalue weighted by atomic mass is 15.0. The van der Waals surface area contributed by atoms with Crippen LogP contribution in [-0.4, -0.2) is 24.9 Å². The van der Waals surface area contributed by atoms with E-state index in [9.17, 15) is 0 Å². The van der Waals surface area contributed by atoms with Crippen LogP contribution in [0, 0.1) is 13.8 Å². The molecule has 0 amide bonds. The Morgan fingerprint density at radius 3 is 1.26 bits per heavy atom. The molecule has 46 heavy (non-hydrogen) atoms. The van der Waals surface area contributed by atoms with Crippen molar-refractivity contribution in [1.82, 2.24) is 24.9 Å². The van der Waals surface area contributed by atoms with Gasteiger partial charge in [0, 0.05) is 33.6 Å². The highest BCUT2D eigenvalue weighted by Crippen LogP contribution is 2.38. The molecule has 6 rings (SSSR count). The van der Waals surface area contributed by atoms with Crippen LogP contribution >= 0.6 is 0 Å². The molecule has 0 fully saturated rings. The van der Waals surface area contributed by atoms with E-state index in [-0.39, 0.29) is 10.8 Å². The molecule has 5 heteroatoms. The van der Waals surface area contributed by atoms with Gasteiger partial charge < -0.3 is 0 Å². The van der Waals surface area contributed by atoms with Crippen LogP contribution in [0.5, 0.6) is 0 Å². The Morgan fingerprint density at radius 1 is 0.413 bits per heavy atom. The Labute approximate surface area is 272 Å². The number of aryl methyl sites for hydroxylation is 2. The monoisotopic (exact) mass is 603 g/mol. The summed E-state index contributed by atoms with van der Waals surface area (Å²) in [6, 6.07) is 33.9. The summed E-state index contributed by atoms with van der Waals surface area (Å²) in [6.07, 6.45) is 1.63. The minimum atomic E-state index is -0.0136. The Balaban J connectivity index is 1.65. The van der Waals surface area contributed by atoms with E-state index in [0.717, 1.165) is 50.3 Å². The zero-order valence-electron chi connectivity index (χ0n) is 28.1. The molecule has 0 unspecified atom stereocenters. The van der Waals surface area contributed by atoms with Gasteiger partial charge in [0.15, 0.2) is 17.5 Å². The average molecular weight is 604 g/mol. The van der Waals surface area contributed by atoms with Crippen molar-refractivity contribution in [3.05, 3.63) is 126 Å². The van der Waals surface area contributed by atoms with Crippen LogP contribution in [0.1, 0.15) is 64.1 Å². The predicted molar refractivity (Wildman–Crippen MR) is 189 cm³/mol. The van der Waals surface area contributed by atoms with Crippen LogP contribution < -0.4 is 0 Å². The van der Waals surface area contributed by atoms with Crippen LogP contribution in [0.2, 0.25) is 0 Å². The molecule has 0 aliphatic rings. The van der Waals surface area contributed by atoms with Crippen LogP contribution in [0.4, 0.5) is 0 Å². The maximum absolute atomic E-state index is 5.07. The van der Waals surface area contributed by atoms with Gasteiger partial charge in [0.25, 0.3) is 0 Å². The van der Waals surface area contributed by atoms with Gasteiger partial charge in [-0.15, -0.1) is 0 Å². The molecule has 2 aromatic heterocycles. The molecule has 0 spiro atoms. The van der Waals surface area contributed by atoms with E-state index >= 15 is 0 Å². The zero-order valence-corrected chi connectivity index (χ0v) is 28.1. The molecular formula is C41H41N5. The molecule has 0 saturated heterocycles. The van der Waals surface area contributed by atoms with Crippen LogP contribution in [-0.2, 0) is 10.8 Å². The topological polar surface area (TPSA) is 64.5 Å². The third-order valence-electron chi connectivity index (χ3n) is 8.40. The molecule has 2 heterocycles. The molecule has 230 valence electrons. The predicted octanol–water partition coefficient (Wildman–Crippen LogP) is 10.2. The number of hydrogen-bond acceptors (Lipinski definition) is 5. The smallest absolute Gasteiger partial charge is 0.164 e. The molecular weight excluding hydrogens is 562 g/mol. The Morgan fingerprint density at radius 2 is 0.804 bits per heavy atom. The maximum atomic E-state index is 5.07. The summed E-state index contributed by atoms with van der Waals surface area (Å²) in [7, 11) is 0. The molecule has 4 aromatic carbocycles. The lowest BCUT2D eigenvalue weighted by Gasteiger charge is -2.26. The third kappa shape index (κ3) is 6.50. The minimum Gasteiger partial charge on any atom is -0.241 e. The first-order valence-corrected chi connectivity index (χ1v) is 15.8. The third-order valence-corrected chi connectivity index (χ3v) is 8.40. The van der Waals surface area contributed by atoms with Crippen molar-refractivity contribution in [2.75, 3.05) is 0 Å². The van der Waals surface area contributed by atoms with Crippen molar-refractivity contribution in [3.63, 3.8) is 0 Å². The van der Waals surface area contributed by atoms with Gasteiger partial charge in [0.2, 0.25) is 0 Å². The van der Waals surface area contributed by atoms with Crippen LogP contribution in [0.25, 0.3) is 56.4 Å². The van der Waals surface area contributed by atoms with E-state index in [1.165, 1.54) is 11.1 Å². The van der Waals surface area contributed by atoms with Gasteiger partial charge in [-0.25, -0.2) is 24.9 Å². The van der Waals surface area contributed by atoms with Gasteiger partial charge >= 0.3 is 0 Å². The van der Waals surface area contributed by atoms with Crippen molar-refractivity contribution in [2.24, 2.45) is 0 Å². The normalized spacial score (nSPS) is 11.9. The van der Waals surface area contributed by atoms with Crippen LogP contribution in [0.3, 0.4) is 0 Å². The molecule has 6 aromatic rings. The second-order valence-electron chi connectivity index (χ2n) is 14.1. The summed E-state index contributed by atoms with van der Waals surface area (Å²) in [5.41, 5.74) is 11.5. The Bertz CT molecular complexity index is 1910. The summed E-state index contributed by atoms with van der Waals surface area (Å²) in [4.78, 5) is 24.2. The fraction of sp³-hybridized carbons (Fsp3) is 0.244. The van der Waals surface area contributed by atoms with Gasteiger partial charge in [0.05, 0.1) is 0 Å². The first kappa shape index (κ1) is 31.0. The molecule has 0 saturated carbocycles. The van der Waals surface area contributed by atoms with Gasteiger partial charge in [-0.2, -0.15) is 0 Å². The molecule has 0 bridgehead atoms. The second kappa shape index (κ2) is 12.1. The second-order valence-corrected chi connectivity index (χ2v) is 14.1.